The van der Waals surface area contributed by atoms with Gasteiger partial charge in [0.2, 0.25) is 0 Å². The van der Waals surface area contributed by atoms with Gasteiger partial charge in [-0.1, -0.05) is 13.8 Å². The smallest absolute Gasteiger partial charge is 0.0284 e. The molecule has 0 bridgehead atoms. The molecule has 3 heteroatoms. The van der Waals surface area contributed by atoms with Crippen molar-refractivity contribution in [2.24, 2.45) is 17.2 Å². The van der Waals surface area contributed by atoms with Crippen LogP contribution in [0.5, 0.6) is 0 Å². The first-order chi connectivity index (χ1) is 6.63. The molecule has 2 atom stereocenters. The molecule has 14 heavy (non-hydrogen) atoms. The molecule has 0 radical (unpaired) electrons. The molecule has 1 fully saturated rings. The zero-order valence-electron chi connectivity index (χ0n) is 8.79. The van der Waals surface area contributed by atoms with E-state index in [1.807, 2.05) is 0 Å². The lowest BCUT2D eigenvalue weighted by molar-refractivity contribution is 0.409. The number of nitrogens with one attached hydrogen (secondary N) is 1. The summed E-state index contributed by atoms with van der Waals surface area (Å²) in [4.78, 5) is 0. The second-order valence-corrected chi connectivity index (χ2v) is 5.69. The van der Waals surface area contributed by atoms with E-state index >= 15 is 0 Å². The normalized spacial score (nSPS) is 26.1. The molecule has 1 heterocycles. The van der Waals surface area contributed by atoms with Crippen molar-refractivity contribution >= 4 is 11.3 Å². The van der Waals surface area contributed by atoms with Crippen LogP contribution in [0, 0.1) is 11.3 Å². The van der Waals surface area contributed by atoms with Crippen LogP contribution >= 0.6 is 11.3 Å². The third kappa shape index (κ3) is 2.00. The highest BCUT2D eigenvalue weighted by Gasteiger charge is 2.49. The molecule has 0 amide bonds. The Balaban J connectivity index is 1.95. The summed E-state index contributed by atoms with van der Waals surface area (Å²) in [5.74, 6) is 6.35. The molecular weight excluding hydrogens is 192 g/mol. The van der Waals surface area contributed by atoms with Crippen molar-refractivity contribution in [2.45, 2.75) is 32.7 Å². The molecule has 1 saturated carbocycles. The summed E-state index contributed by atoms with van der Waals surface area (Å²) in [6.07, 6.45) is 2.36. The molecule has 1 aromatic heterocycles. The van der Waals surface area contributed by atoms with Gasteiger partial charge in [0, 0.05) is 6.04 Å². The Labute approximate surface area is 89.5 Å². The van der Waals surface area contributed by atoms with E-state index in [-0.39, 0.29) is 0 Å². The van der Waals surface area contributed by atoms with Crippen LogP contribution in [0.2, 0.25) is 0 Å². The van der Waals surface area contributed by atoms with Gasteiger partial charge in [0.25, 0.3) is 0 Å². The predicted molar refractivity (Wildman–Crippen MR) is 61.0 cm³/mol. The fourth-order valence-corrected chi connectivity index (χ4v) is 2.86. The predicted octanol–water partition coefficient (Wildman–Crippen LogP) is 2.17. The van der Waals surface area contributed by atoms with Gasteiger partial charge in [-0.3, -0.25) is 11.3 Å². The summed E-state index contributed by atoms with van der Waals surface area (Å²) in [7, 11) is 0. The second-order valence-electron chi connectivity index (χ2n) is 4.91. The van der Waals surface area contributed by atoms with Crippen LogP contribution in [0.15, 0.2) is 16.8 Å². The van der Waals surface area contributed by atoms with Crippen LogP contribution in [0.25, 0.3) is 0 Å². The minimum absolute atomic E-state index is 0.444. The molecule has 1 aliphatic carbocycles. The molecule has 0 saturated heterocycles. The zero-order chi connectivity index (χ0) is 10.2. The Hall–Kier alpha value is -0.380. The van der Waals surface area contributed by atoms with E-state index in [4.69, 9.17) is 5.84 Å². The van der Waals surface area contributed by atoms with Crippen LogP contribution < -0.4 is 11.3 Å². The highest BCUT2D eigenvalue weighted by molar-refractivity contribution is 7.07. The zero-order valence-corrected chi connectivity index (χ0v) is 9.60. The Morgan fingerprint density at radius 3 is 2.86 bits per heavy atom. The number of hydrogen-bond acceptors (Lipinski definition) is 3. The average Bonchev–Trinajstić information content (AvgIpc) is 2.62. The minimum atomic E-state index is 0.444. The van der Waals surface area contributed by atoms with Crippen LogP contribution in [-0.4, -0.2) is 6.04 Å². The van der Waals surface area contributed by atoms with E-state index in [9.17, 15) is 0 Å². The molecule has 78 valence electrons. The maximum atomic E-state index is 5.60. The number of thiophene rings is 1. The van der Waals surface area contributed by atoms with Gasteiger partial charge in [0.1, 0.15) is 0 Å². The summed E-state index contributed by atoms with van der Waals surface area (Å²) in [6.45, 7) is 4.63. The fraction of sp³-hybridized carbons (Fsp3) is 0.636. The minimum Gasteiger partial charge on any atom is -0.271 e. The molecule has 0 aromatic carbocycles. The molecule has 1 aliphatic rings. The maximum Gasteiger partial charge on any atom is 0.0284 e. The highest BCUT2D eigenvalue weighted by atomic mass is 32.1. The van der Waals surface area contributed by atoms with Gasteiger partial charge in [-0.15, -0.1) is 0 Å². The maximum absolute atomic E-state index is 5.60. The van der Waals surface area contributed by atoms with Gasteiger partial charge in [-0.05, 0) is 46.6 Å². The number of rotatable bonds is 4. The van der Waals surface area contributed by atoms with Crippen LogP contribution in [0.4, 0.5) is 0 Å². The fourth-order valence-electron chi connectivity index (χ4n) is 2.17. The van der Waals surface area contributed by atoms with E-state index in [0.29, 0.717) is 11.5 Å². The van der Waals surface area contributed by atoms with Crippen molar-refractivity contribution in [3.63, 3.8) is 0 Å². The lowest BCUT2D eigenvalue weighted by Gasteiger charge is -2.16. The molecule has 3 N–H and O–H groups in total. The molecule has 1 aromatic rings. The highest BCUT2D eigenvalue weighted by Crippen LogP contribution is 2.53. The van der Waals surface area contributed by atoms with Crippen LogP contribution in [0.3, 0.4) is 0 Å². The van der Waals surface area contributed by atoms with Gasteiger partial charge in [-0.2, -0.15) is 11.3 Å². The van der Waals surface area contributed by atoms with Crippen LogP contribution in [-0.2, 0) is 6.42 Å². The molecule has 0 aliphatic heterocycles. The Kier molecular flexibility index (Phi) is 2.64. The van der Waals surface area contributed by atoms with Gasteiger partial charge in [0.15, 0.2) is 0 Å². The van der Waals surface area contributed by atoms with E-state index in [0.717, 1.165) is 12.3 Å². The van der Waals surface area contributed by atoms with E-state index < -0.39 is 0 Å². The Morgan fingerprint density at radius 1 is 1.71 bits per heavy atom. The topological polar surface area (TPSA) is 38.0 Å². The third-order valence-electron chi connectivity index (χ3n) is 3.33. The van der Waals surface area contributed by atoms with Crippen molar-refractivity contribution < 1.29 is 0 Å². The molecule has 0 spiro atoms. The van der Waals surface area contributed by atoms with E-state index in [2.05, 4.69) is 36.1 Å². The van der Waals surface area contributed by atoms with Crippen molar-refractivity contribution in [2.75, 3.05) is 0 Å². The average molecular weight is 210 g/mol. The summed E-state index contributed by atoms with van der Waals surface area (Å²) in [5, 5.41) is 4.33. The van der Waals surface area contributed by atoms with Gasteiger partial charge >= 0.3 is 0 Å². The van der Waals surface area contributed by atoms with Gasteiger partial charge in [0.05, 0.1) is 0 Å². The number of hydrogen-bond donors (Lipinski definition) is 2. The first-order valence-electron chi connectivity index (χ1n) is 5.11. The van der Waals surface area contributed by atoms with E-state index in [1.165, 1.54) is 12.0 Å². The van der Waals surface area contributed by atoms with Gasteiger partial charge < -0.3 is 0 Å². The SMILES string of the molecule is CC1(C)CC1C(Cc1ccsc1)NN. The monoisotopic (exact) mass is 210 g/mol. The molecular formula is C11H18N2S. The van der Waals surface area contributed by atoms with Crippen molar-refractivity contribution in [1.29, 1.82) is 0 Å². The van der Waals surface area contributed by atoms with Crippen molar-refractivity contribution in [3.8, 4) is 0 Å². The Bertz CT molecular complexity index is 292. The lowest BCUT2D eigenvalue weighted by atomic mass is 9.99. The van der Waals surface area contributed by atoms with Crippen LogP contribution in [0.1, 0.15) is 25.8 Å². The quantitative estimate of drug-likeness (QED) is 0.590. The molecule has 2 unspecified atom stereocenters. The van der Waals surface area contributed by atoms with Crippen molar-refractivity contribution in [3.05, 3.63) is 22.4 Å². The second kappa shape index (κ2) is 3.65. The van der Waals surface area contributed by atoms with Crippen molar-refractivity contribution in [1.82, 2.24) is 5.43 Å². The largest absolute Gasteiger partial charge is 0.271 e. The third-order valence-corrected chi connectivity index (χ3v) is 4.06. The lowest BCUT2D eigenvalue weighted by Crippen LogP contribution is -2.39. The van der Waals surface area contributed by atoms with E-state index in [1.54, 1.807) is 11.3 Å². The summed E-state index contributed by atoms with van der Waals surface area (Å²) in [5.41, 5.74) is 4.86. The first-order valence-corrected chi connectivity index (χ1v) is 6.05. The molecule has 2 rings (SSSR count). The Morgan fingerprint density at radius 2 is 2.43 bits per heavy atom. The number of nitrogens with two attached hydrogens (primary N) is 1. The molecule has 2 nitrogen and oxygen atoms in total. The number of hydrazine groups is 1. The standard InChI is InChI=1S/C11H18N2S/c1-11(2)6-9(11)10(13-12)5-8-3-4-14-7-8/h3-4,7,9-10,13H,5-6,12H2,1-2H3. The van der Waals surface area contributed by atoms with Gasteiger partial charge in [-0.25, -0.2) is 0 Å². The summed E-state index contributed by atoms with van der Waals surface area (Å²) in [6, 6.07) is 2.63. The summed E-state index contributed by atoms with van der Waals surface area (Å²) >= 11 is 1.76. The summed E-state index contributed by atoms with van der Waals surface area (Å²) < 4.78 is 0. The first kappa shape index (κ1) is 10.1.